The van der Waals surface area contributed by atoms with Crippen molar-refractivity contribution in [2.24, 2.45) is 23.2 Å². The van der Waals surface area contributed by atoms with Gasteiger partial charge in [-0.3, -0.25) is 9.59 Å². The molecule has 23 heavy (non-hydrogen) atoms. The Hall–Kier alpha value is -1.06. The lowest BCUT2D eigenvalue weighted by Crippen LogP contribution is -2.52. The number of rotatable bonds is 6. The van der Waals surface area contributed by atoms with Gasteiger partial charge < -0.3 is 9.47 Å². The normalized spacial score (nSPS) is 35.2. The summed E-state index contributed by atoms with van der Waals surface area (Å²) in [5.74, 6) is 1.85. The smallest absolute Gasteiger partial charge is 0.311 e. The molecular formula is C19H30O4. The van der Waals surface area contributed by atoms with E-state index in [4.69, 9.17) is 9.47 Å². The summed E-state index contributed by atoms with van der Waals surface area (Å²) in [5, 5.41) is 0. The molecule has 4 saturated carbocycles. The van der Waals surface area contributed by atoms with Crippen molar-refractivity contribution < 1.29 is 19.1 Å². The molecule has 130 valence electrons. The topological polar surface area (TPSA) is 52.6 Å². The van der Waals surface area contributed by atoms with Gasteiger partial charge in [-0.05, 0) is 76.5 Å². The minimum Gasteiger partial charge on any atom is -0.465 e. The summed E-state index contributed by atoms with van der Waals surface area (Å²) >= 11 is 0. The monoisotopic (exact) mass is 322 g/mol. The van der Waals surface area contributed by atoms with Crippen LogP contribution in [-0.2, 0) is 19.1 Å². The van der Waals surface area contributed by atoms with Crippen molar-refractivity contribution in [1.29, 1.82) is 0 Å². The fourth-order valence-electron chi connectivity index (χ4n) is 5.02. The first-order valence-electron chi connectivity index (χ1n) is 9.21. The second-order valence-corrected chi connectivity index (χ2v) is 8.70. The van der Waals surface area contributed by atoms with Gasteiger partial charge in [-0.25, -0.2) is 0 Å². The minimum atomic E-state index is -0.482. The van der Waals surface area contributed by atoms with E-state index in [9.17, 15) is 9.59 Å². The van der Waals surface area contributed by atoms with Crippen molar-refractivity contribution >= 4 is 11.9 Å². The lowest BCUT2D eigenvalue weighted by atomic mass is 9.54. The van der Waals surface area contributed by atoms with Gasteiger partial charge in [0.1, 0.15) is 12.2 Å². The number of ether oxygens (including phenoxy) is 2. The molecule has 4 aliphatic rings. The summed E-state index contributed by atoms with van der Waals surface area (Å²) in [5.41, 5.74) is -0.678. The van der Waals surface area contributed by atoms with Crippen LogP contribution in [0.5, 0.6) is 0 Å². The van der Waals surface area contributed by atoms with Gasteiger partial charge in [-0.2, -0.15) is 0 Å². The van der Waals surface area contributed by atoms with Crippen LogP contribution in [0, 0.1) is 23.2 Å². The zero-order chi connectivity index (χ0) is 16.7. The molecule has 0 amide bonds. The Labute approximate surface area is 139 Å². The molecule has 0 aromatic rings. The van der Waals surface area contributed by atoms with Crippen molar-refractivity contribution in [2.45, 2.75) is 77.7 Å². The molecular weight excluding hydrogens is 292 g/mol. The average molecular weight is 322 g/mol. The first-order valence-corrected chi connectivity index (χ1v) is 9.21. The van der Waals surface area contributed by atoms with Crippen molar-refractivity contribution in [3.63, 3.8) is 0 Å². The minimum absolute atomic E-state index is 0.132. The van der Waals surface area contributed by atoms with E-state index in [0.717, 1.165) is 43.4 Å². The first-order chi connectivity index (χ1) is 10.8. The van der Waals surface area contributed by atoms with Gasteiger partial charge in [-0.1, -0.05) is 6.92 Å². The third-order valence-corrected chi connectivity index (χ3v) is 6.29. The van der Waals surface area contributed by atoms with Crippen LogP contribution in [0.2, 0.25) is 0 Å². The summed E-state index contributed by atoms with van der Waals surface area (Å²) in [6.45, 7) is 5.82. The molecule has 0 spiro atoms. The summed E-state index contributed by atoms with van der Waals surface area (Å²) in [7, 11) is 0. The number of hydrogen-bond donors (Lipinski definition) is 0. The van der Waals surface area contributed by atoms with Crippen molar-refractivity contribution in [3.05, 3.63) is 0 Å². The van der Waals surface area contributed by atoms with E-state index < -0.39 is 5.41 Å². The Morgan fingerprint density at radius 3 is 2.04 bits per heavy atom. The van der Waals surface area contributed by atoms with Crippen LogP contribution in [-0.4, -0.2) is 24.1 Å². The first kappa shape index (κ1) is 16.8. The summed E-state index contributed by atoms with van der Waals surface area (Å²) in [6, 6.07) is 0. The molecule has 4 nitrogen and oxygen atoms in total. The zero-order valence-corrected chi connectivity index (χ0v) is 14.7. The third kappa shape index (κ3) is 3.56. The van der Waals surface area contributed by atoms with E-state index in [-0.39, 0.29) is 30.6 Å². The fourth-order valence-corrected chi connectivity index (χ4v) is 5.02. The quantitative estimate of drug-likeness (QED) is 0.697. The van der Waals surface area contributed by atoms with E-state index in [1.54, 1.807) is 0 Å². The maximum atomic E-state index is 12.2. The lowest BCUT2D eigenvalue weighted by molar-refractivity contribution is -0.187. The van der Waals surface area contributed by atoms with Crippen LogP contribution in [0.25, 0.3) is 0 Å². The van der Waals surface area contributed by atoms with Crippen LogP contribution in [0.15, 0.2) is 0 Å². The summed E-state index contributed by atoms with van der Waals surface area (Å²) in [6.07, 6.45) is 8.05. The molecule has 0 aromatic heterocycles. The number of esters is 2. The molecule has 4 fully saturated rings. The molecule has 4 rings (SSSR count). The van der Waals surface area contributed by atoms with Crippen LogP contribution in [0.1, 0.15) is 72.1 Å². The average Bonchev–Trinajstić information content (AvgIpc) is 2.44. The van der Waals surface area contributed by atoms with E-state index in [1.807, 2.05) is 20.8 Å². The van der Waals surface area contributed by atoms with Crippen molar-refractivity contribution in [2.75, 3.05) is 6.61 Å². The van der Waals surface area contributed by atoms with Gasteiger partial charge in [-0.15, -0.1) is 0 Å². The van der Waals surface area contributed by atoms with Gasteiger partial charge in [0, 0.05) is 0 Å². The van der Waals surface area contributed by atoms with E-state index in [2.05, 4.69) is 0 Å². The van der Waals surface area contributed by atoms with Crippen LogP contribution < -0.4 is 0 Å². The highest BCUT2D eigenvalue weighted by molar-refractivity contribution is 5.76. The van der Waals surface area contributed by atoms with Gasteiger partial charge >= 0.3 is 11.9 Å². The van der Waals surface area contributed by atoms with E-state index in [0.29, 0.717) is 0 Å². The van der Waals surface area contributed by atoms with E-state index >= 15 is 0 Å². The second kappa shape index (κ2) is 6.10. The van der Waals surface area contributed by atoms with Gasteiger partial charge in [0.25, 0.3) is 0 Å². The summed E-state index contributed by atoms with van der Waals surface area (Å²) < 4.78 is 11.2. The molecule has 0 aromatic carbocycles. The molecule has 0 aliphatic heterocycles. The maximum absolute atomic E-state index is 12.2. The Balaban J connectivity index is 1.46. The molecule has 0 atom stereocenters. The highest BCUT2D eigenvalue weighted by Crippen LogP contribution is 2.57. The molecule has 0 unspecified atom stereocenters. The SMILES string of the molecule is CCC(C)(C)C(=O)OCCC(=O)OC12CC3CC(CC(C3)C1)C2. The van der Waals surface area contributed by atoms with E-state index in [1.165, 1.54) is 19.3 Å². The molecule has 4 heteroatoms. The standard InChI is InChI=1S/C19H30O4/c1-4-18(2,3)17(21)22-6-5-16(20)23-19-10-13-7-14(11-19)9-15(8-13)12-19/h13-15H,4-12H2,1-3H3. The van der Waals surface area contributed by atoms with Gasteiger partial charge in [0.2, 0.25) is 0 Å². The zero-order valence-electron chi connectivity index (χ0n) is 14.7. The lowest BCUT2D eigenvalue weighted by Gasteiger charge is -2.55. The fraction of sp³-hybridized carbons (Fsp3) is 0.895. The molecule has 0 saturated heterocycles. The highest BCUT2D eigenvalue weighted by atomic mass is 16.6. The Kier molecular flexibility index (Phi) is 4.45. The van der Waals surface area contributed by atoms with Crippen molar-refractivity contribution in [3.8, 4) is 0 Å². The molecule has 0 N–H and O–H groups in total. The summed E-state index contributed by atoms with van der Waals surface area (Å²) in [4.78, 5) is 24.1. The van der Waals surface area contributed by atoms with Crippen LogP contribution >= 0.6 is 0 Å². The number of carbonyl (C=O) groups is 2. The third-order valence-electron chi connectivity index (χ3n) is 6.29. The largest absolute Gasteiger partial charge is 0.465 e. The second-order valence-electron chi connectivity index (χ2n) is 8.70. The molecule has 4 bridgehead atoms. The highest BCUT2D eigenvalue weighted by Gasteiger charge is 2.53. The Morgan fingerprint density at radius 2 is 1.57 bits per heavy atom. The van der Waals surface area contributed by atoms with Gasteiger partial charge in [0.05, 0.1) is 11.8 Å². The van der Waals surface area contributed by atoms with Crippen molar-refractivity contribution in [1.82, 2.24) is 0 Å². The van der Waals surface area contributed by atoms with Crippen LogP contribution in [0.3, 0.4) is 0 Å². The Morgan fingerprint density at radius 1 is 1.04 bits per heavy atom. The van der Waals surface area contributed by atoms with Crippen LogP contribution in [0.4, 0.5) is 0 Å². The molecule has 0 radical (unpaired) electrons. The molecule has 0 heterocycles. The predicted molar refractivity (Wildman–Crippen MR) is 86.6 cm³/mol. The maximum Gasteiger partial charge on any atom is 0.311 e. The number of hydrogen-bond acceptors (Lipinski definition) is 4. The Bertz CT molecular complexity index is 444. The predicted octanol–water partition coefficient (Wildman–Crippen LogP) is 3.87. The number of carbonyl (C=O) groups excluding carboxylic acids is 2. The molecule has 4 aliphatic carbocycles. The van der Waals surface area contributed by atoms with Gasteiger partial charge in [0.15, 0.2) is 0 Å².